The first-order valence-electron chi connectivity index (χ1n) is 13.4. The number of hydrogen-bond donors (Lipinski definition) is 2. The number of aromatic nitrogens is 5. The van der Waals surface area contributed by atoms with E-state index in [1.165, 1.54) is 0 Å². The number of imidazole rings is 1. The van der Waals surface area contributed by atoms with Crippen LogP contribution in [0.25, 0.3) is 22.4 Å². The van der Waals surface area contributed by atoms with Gasteiger partial charge in [0.05, 0.1) is 5.69 Å². The summed E-state index contributed by atoms with van der Waals surface area (Å²) in [7, 11) is 1.62. The number of nitrogens with one attached hydrogen (secondary N) is 1. The first kappa shape index (κ1) is 28.4. The van der Waals surface area contributed by atoms with E-state index in [1.807, 2.05) is 43.3 Å². The van der Waals surface area contributed by atoms with Gasteiger partial charge < -0.3 is 19.8 Å². The summed E-state index contributed by atoms with van der Waals surface area (Å²) in [5.41, 5.74) is 6.97. The third kappa shape index (κ3) is 5.71. The van der Waals surface area contributed by atoms with Gasteiger partial charge in [-0.15, -0.1) is 6.58 Å². The SMILES string of the molecule is C=C[C@H]1CC[C@H](Cn2c(C(C)(OC)c3ccccn3)nc3nc(C(=N)OC(N)=O)nc(-c4cccc(Cl)c4)c32)CC1. The molecule has 1 aliphatic rings. The molecule has 3 heterocycles. The molecule has 1 amide bonds. The Morgan fingerprint density at radius 2 is 1.98 bits per heavy atom. The molecular formula is C30H32ClN7O3. The molecule has 4 aromatic rings. The zero-order valence-electron chi connectivity index (χ0n) is 23.0. The van der Waals surface area contributed by atoms with Crippen LogP contribution in [0, 0.1) is 17.2 Å². The third-order valence-electron chi connectivity index (χ3n) is 7.76. The number of rotatable bonds is 8. The first-order valence-corrected chi connectivity index (χ1v) is 13.8. The Morgan fingerprint density at radius 3 is 2.61 bits per heavy atom. The van der Waals surface area contributed by atoms with E-state index in [4.69, 9.17) is 37.2 Å². The molecule has 0 spiro atoms. The summed E-state index contributed by atoms with van der Waals surface area (Å²) in [5.74, 6) is 0.770. The molecule has 0 aliphatic heterocycles. The van der Waals surface area contributed by atoms with Gasteiger partial charge in [0.2, 0.25) is 5.82 Å². The number of halogens is 1. The van der Waals surface area contributed by atoms with Crippen LogP contribution in [-0.4, -0.2) is 43.6 Å². The van der Waals surface area contributed by atoms with Gasteiger partial charge >= 0.3 is 6.09 Å². The standard InChI is InChI=1S/C30H32ClN7O3/c1-4-18-11-13-19(14-12-18)17-38-24-23(20-8-7-9-21(31)16-20)35-27(25(32)41-29(33)39)36-26(24)37-28(38)30(2,40-3)22-10-5-6-15-34-22/h4-10,15-16,18-19,32H,1,11-14,17H2,2-3H3,(H2,33,39)/t18-,19-,30?. The van der Waals surface area contributed by atoms with Gasteiger partial charge in [-0.05, 0) is 68.7 Å². The number of pyridine rings is 1. The number of carbonyl (C=O) groups excluding carboxylic acids is 1. The second-order valence-electron chi connectivity index (χ2n) is 10.3. The molecule has 0 bridgehead atoms. The summed E-state index contributed by atoms with van der Waals surface area (Å²) in [6, 6.07) is 12.9. The van der Waals surface area contributed by atoms with Crippen molar-refractivity contribution in [2.45, 2.75) is 44.8 Å². The number of nitrogens with two attached hydrogens (primary N) is 1. The molecule has 1 aromatic carbocycles. The highest BCUT2D eigenvalue weighted by Crippen LogP contribution is 2.38. The van der Waals surface area contributed by atoms with Crippen molar-refractivity contribution >= 4 is 34.8 Å². The molecule has 5 rings (SSSR count). The fourth-order valence-electron chi connectivity index (χ4n) is 5.48. The van der Waals surface area contributed by atoms with Crippen molar-refractivity contribution in [1.82, 2.24) is 24.5 Å². The van der Waals surface area contributed by atoms with Gasteiger partial charge in [0, 0.05) is 30.4 Å². The molecule has 1 atom stereocenters. The van der Waals surface area contributed by atoms with Crippen LogP contribution in [-0.2, 0) is 21.6 Å². The highest BCUT2D eigenvalue weighted by atomic mass is 35.5. The Morgan fingerprint density at radius 1 is 1.20 bits per heavy atom. The minimum Gasteiger partial charge on any atom is -0.388 e. The molecule has 1 saturated carbocycles. The lowest BCUT2D eigenvalue weighted by molar-refractivity contribution is 0.0242. The Hall–Kier alpha value is -4.15. The van der Waals surface area contributed by atoms with Gasteiger partial charge in [0.25, 0.3) is 5.90 Å². The molecule has 0 saturated heterocycles. The number of ether oxygens (including phenoxy) is 2. The van der Waals surface area contributed by atoms with Gasteiger partial charge in [-0.25, -0.2) is 19.7 Å². The van der Waals surface area contributed by atoms with Crippen molar-refractivity contribution in [2.24, 2.45) is 17.6 Å². The number of hydrogen-bond acceptors (Lipinski definition) is 8. The summed E-state index contributed by atoms with van der Waals surface area (Å²) in [6.07, 6.45) is 6.84. The van der Waals surface area contributed by atoms with E-state index in [1.54, 1.807) is 25.4 Å². The van der Waals surface area contributed by atoms with E-state index >= 15 is 0 Å². The van der Waals surface area contributed by atoms with Gasteiger partial charge in [0.15, 0.2) is 11.2 Å². The largest absolute Gasteiger partial charge is 0.411 e. The lowest BCUT2D eigenvalue weighted by Gasteiger charge is -2.31. The van der Waals surface area contributed by atoms with Crippen LogP contribution in [0.2, 0.25) is 5.02 Å². The van der Waals surface area contributed by atoms with Crippen molar-refractivity contribution in [1.29, 1.82) is 5.41 Å². The Labute approximate surface area is 243 Å². The summed E-state index contributed by atoms with van der Waals surface area (Å²) in [5, 5.41) is 8.80. The summed E-state index contributed by atoms with van der Waals surface area (Å²) < 4.78 is 13.1. The molecule has 212 valence electrons. The van der Waals surface area contributed by atoms with Crippen LogP contribution < -0.4 is 5.73 Å². The second-order valence-corrected chi connectivity index (χ2v) is 10.8. The normalized spacial score (nSPS) is 18.5. The average molecular weight is 574 g/mol. The molecule has 3 aromatic heterocycles. The lowest BCUT2D eigenvalue weighted by Crippen LogP contribution is -2.32. The maximum atomic E-state index is 11.4. The maximum absolute atomic E-state index is 11.4. The maximum Gasteiger partial charge on any atom is 0.411 e. The van der Waals surface area contributed by atoms with E-state index in [0.29, 0.717) is 57.3 Å². The predicted molar refractivity (Wildman–Crippen MR) is 157 cm³/mol. The van der Waals surface area contributed by atoms with Crippen molar-refractivity contribution in [3.05, 3.63) is 83.7 Å². The number of primary amides is 1. The number of carbonyl (C=O) groups is 1. The number of fused-ring (bicyclic) bond motifs is 1. The number of benzene rings is 1. The van der Waals surface area contributed by atoms with Crippen molar-refractivity contribution in [3.63, 3.8) is 0 Å². The molecule has 0 radical (unpaired) electrons. The molecule has 3 N–H and O–H groups in total. The zero-order valence-corrected chi connectivity index (χ0v) is 23.8. The molecule has 1 aliphatic carbocycles. The zero-order chi connectivity index (χ0) is 29.1. The van der Waals surface area contributed by atoms with Crippen molar-refractivity contribution < 1.29 is 14.3 Å². The molecule has 41 heavy (non-hydrogen) atoms. The molecular weight excluding hydrogens is 542 g/mol. The minimum atomic E-state index is -1.13. The number of nitrogens with zero attached hydrogens (tertiary/aromatic N) is 5. The predicted octanol–water partition coefficient (Wildman–Crippen LogP) is 5.86. The fourth-order valence-corrected chi connectivity index (χ4v) is 5.67. The number of methoxy groups -OCH3 is 1. The van der Waals surface area contributed by atoms with Crippen LogP contribution in [0.4, 0.5) is 4.79 Å². The summed E-state index contributed by atoms with van der Waals surface area (Å²) >= 11 is 6.39. The smallest absolute Gasteiger partial charge is 0.388 e. The van der Waals surface area contributed by atoms with Crippen molar-refractivity contribution in [2.75, 3.05) is 7.11 Å². The average Bonchev–Trinajstić information content (AvgIpc) is 3.35. The van der Waals surface area contributed by atoms with E-state index in [0.717, 1.165) is 25.7 Å². The Kier molecular flexibility index (Phi) is 8.14. The van der Waals surface area contributed by atoms with E-state index in [-0.39, 0.29) is 5.82 Å². The van der Waals surface area contributed by atoms with Crippen LogP contribution in [0.1, 0.15) is 49.9 Å². The third-order valence-corrected chi connectivity index (χ3v) is 8.00. The molecule has 11 heteroatoms. The second kappa shape index (κ2) is 11.8. The summed E-state index contributed by atoms with van der Waals surface area (Å²) in [6.45, 7) is 6.56. The number of amides is 1. The summed E-state index contributed by atoms with van der Waals surface area (Å²) in [4.78, 5) is 30.3. The van der Waals surface area contributed by atoms with Gasteiger partial charge in [-0.1, -0.05) is 35.9 Å². The molecule has 1 unspecified atom stereocenters. The monoisotopic (exact) mass is 573 g/mol. The van der Waals surface area contributed by atoms with E-state index in [9.17, 15) is 4.79 Å². The van der Waals surface area contributed by atoms with Crippen LogP contribution in [0.3, 0.4) is 0 Å². The van der Waals surface area contributed by atoms with Gasteiger partial charge in [-0.2, -0.15) is 0 Å². The fraction of sp³-hybridized carbons (Fsp3) is 0.333. The number of allylic oxidation sites excluding steroid dienone is 1. The Bertz CT molecular complexity index is 1600. The van der Waals surface area contributed by atoms with Crippen molar-refractivity contribution in [3.8, 4) is 11.3 Å². The topological polar surface area (TPSA) is 142 Å². The molecule has 10 nitrogen and oxygen atoms in total. The highest BCUT2D eigenvalue weighted by molar-refractivity contribution is 6.30. The first-order chi connectivity index (χ1) is 19.7. The van der Waals surface area contributed by atoms with Crippen LogP contribution in [0.15, 0.2) is 61.3 Å². The highest BCUT2D eigenvalue weighted by Gasteiger charge is 2.38. The Balaban J connectivity index is 1.78. The van der Waals surface area contributed by atoms with Crippen LogP contribution >= 0.6 is 11.6 Å². The van der Waals surface area contributed by atoms with E-state index < -0.39 is 17.6 Å². The molecule has 1 fully saturated rings. The van der Waals surface area contributed by atoms with Gasteiger partial charge in [0.1, 0.15) is 17.0 Å². The van der Waals surface area contributed by atoms with Crippen LogP contribution in [0.5, 0.6) is 0 Å². The minimum absolute atomic E-state index is 0.133. The van der Waals surface area contributed by atoms with Gasteiger partial charge in [-0.3, -0.25) is 10.4 Å². The lowest BCUT2D eigenvalue weighted by atomic mass is 9.82. The van der Waals surface area contributed by atoms with E-state index in [2.05, 4.69) is 26.1 Å². The quantitative estimate of drug-likeness (QED) is 0.152.